The van der Waals surface area contributed by atoms with E-state index in [1.165, 1.54) is 4.68 Å². The van der Waals surface area contributed by atoms with Gasteiger partial charge in [0.2, 0.25) is 0 Å². The molecule has 0 radical (unpaired) electrons. The Hall–Kier alpha value is -2.57. The van der Waals surface area contributed by atoms with Gasteiger partial charge in [-0.25, -0.2) is 9.66 Å². The van der Waals surface area contributed by atoms with E-state index >= 15 is 0 Å². The average molecular weight is 278 g/mol. The van der Waals surface area contributed by atoms with Crippen molar-refractivity contribution >= 4 is 5.82 Å². The van der Waals surface area contributed by atoms with Crippen molar-refractivity contribution in [2.75, 3.05) is 32.9 Å². The van der Waals surface area contributed by atoms with Gasteiger partial charge in [0.15, 0.2) is 5.82 Å². The number of nitrogens with two attached hydrogens (primary N) is 2. The van der Waals surface area contributed by atoms with E-state index in [1.54, 1.807) is 40.4 Å². The topological polar surface area (TPSA) is 97.5 Å². The van der Waals surface area contributed by atoms with Gasteiger partial charge in [0, 0.05) is 12.1 Å². The number of aryl methyl sites for hydroxylation is 1. The third-order valence-corrected chi connectivity index (χ3v) is 3.08. The lowest BCUT2D eigenvalue weighted by molar-refractivity contribution is 0.377. The molecule has 4 N–H and O–H groups in total. The maximum atomic E-state index is 5.99. The van der Waals surface area contributed by atoms with Gasteiger partial charge in [0.1, 0.15) is 28.8 Å². The Kier molecular flexibility index (Phi) is 3.60. The van der Waals surface area contributed by atoms with Crippen molar-refractivity contribution < 1.29 is 14.2 Å². The highest BCUT2D eigenvalue weighted by atomic mass is 16.5. The molecule has 7 heteroatoms. The van der Waals surface area contributed by atoms with Crippen molar-refractivity contribution in [3.8, 4) is 28.5 Å². The van der Waals surface area contributed by atoms with Gasteiger partial charge in [-0.2, -0.15) is 0 Å². The highest BCUT2D eigenvalue weighted by Gasteiger charge is 2.21. The lowest BCUT2D eigenvalue weighted by Gasteiger charge is -2.14. The summed E-state index contributed by atoms with van der Waals surface area (Å²) in [7, 11) is 4.68. The minimum absolute atomic E-state index is 0.337. The molecular formula is C13H18N4O3. The Morgan fingerprint density at radius 1 is 1.05 bits per heavy atom. The number of rotatable bonds is 4. The molecule has 2 rings (SSSR count). The molecule has 108 valence electrons. The van der Waals surface area contributed by atoms with Crippen LogP contribution in [0, 0.1) is 6.92 Å². The van der Waals surface area contributed by atoms with Crippen LogP contribution in [0.15, 0.2) is 12.1 Å². The van der Waals surface area contributed by atoms with Crippen LogP contribution in [0.2, 0.25) is 0 Å². The minimum atomic E-state index is 0.337. The van der Waals surface area contributed by atoms with E-state index in [-0.39, 0.29) is 0 Å². The number of ether oxygens (including phenoxy) is 3. The summed E-state index contributed by atoms with van der Waals surface area (Å²) < 4.78 is 17.3. The van der Waals surface area contributed by atoms with Gasteiger partial charge in [0.05, 0.1) is 26.9 Å². The second-order valence-corrected chi connectivity index (χ2v) is 4.17. The normalized spacial score (nSPS) is 10.4. The molecule has 1 heterocycles. The second kappa shape index (κ2) is 5.20. The molecule has 0 fully saturated rings. The van der Waals surface area contributed by atoms with Crippen molar-refractivity contribution in [2.45, 2.75) is 6.92 Å². The molecule has 0 unspecified atom stereocenters. The van der Waals surface area contributed by atoms with Crippen molar-refractivity contribution in [1.82, 2.24) is 9.66 Å². The quantitative estimate of drug-likeness (QED) is 0.815. The number of nitrogen functional groups attached to an aromatic ring is 2. The van der Waals surface area contributed by atoms with Crippen LogP contribution in [0.4, 0.5) is 5.82 Å². The molecular weight excluding hydrogens is 260 g/mol. The van der Waals surface area contributed by atoms with Crippen LogP contribution < -0.4 is 25.8 Å². The van der Waals surface area contributed by atoms with Crippen molar-refractivity contribution in [3.05, 3.63) is 18.0 Å². The fraction of sp³-hybridized carbons (Fsp3) is 0.308. The molecule has 1 aromatic heterocycles. The van der Waals surface area contributed by atoms with Crippen LogP contribution >= 0.6 is 0 Å². The fourth-order valence-corrected chi connectivity index (χ4v) is 1.98. The predicted octanol–water partition coefficient (Wildman–Crippen LogP) is 1.18. The molecule has 0 amide bonds. The van der Waals surface area contributed by atoms with Gasteiger partial charge in [-0.05, 0) is 6.92 Å². The monoisotopic (exact) mass is 278 g/mol. The molecule has 0 atom stereocenters. The van der Waals surface area contributed by atoms with E-state index < -0.39 is 0 Å². The first-order chi connectivity index (χ1) is 9.53. The third-order valence-electron chi connectivity index (χ3n) is 3.08. The zero-order valence-electron chi connectivity index (χ0n) is 11.9. The maximum Gasteiger partial charge on any atom is 0.151 e. The number of methoxy groups -OCH3 is 3. The Labute approximate surface area is 117 Å². The maximum absolute atomic E-state index is 5.99. The molecule has 0 saturated heterocycles. The summed E-state index contributed by atoms with van der Waals surface area (Å²) in [5, 5.41) is 0. The standard InChI is InChI=1S/C13H18N4O3/c1-7-16-12(13(14)17(7)15)11-9(19-3)5-8(18-2)6-10(11)20-4/h5-6H,14-15H2,1-4H3. The molecule has 2 aromatic rings. The molecule has 7 nitrogen and oxygen atoms in total. The van der Waals surface area contributed by atoms with E-state index in [0.717, 1.165) is 0 Å². The molecule has 0 spiro atoms. The van der Waals surface area contributed by atoms with Gasteiger partial charge in [-0.1, -0.05) is 0 Å². The van der Waals surface area contributed by atoms with Gasteiger partial charge < -0.3 is 25.8 Å². The molecule has 20 heavy (non-hydrogen) atoms. The van der Waals surface area contributed by atoms with Gasteiger partial charge in [-0.15, -0.1) is 0 Å². The van der Waals surface area contributed by atoms with E-state index in [9.17, 15) is 0 Å². The van der Waals surface area contributed by atoms with Crippen LogP contribution in [0.1, 0.15) is 5.82 Å². The fourth-order valence-electron chi connectivity index (χ4n) is 1.98. The van der Waals surface area contributed by atoms with Crippen molar-refractivity contribution in [3.63, 3.8) is 0 Å². The lowest BCUT2D eigenvalue weighted by atomic mass is 10.1. The number of imidazole rings is 1. The average Bonchev–Trinajstić information content (AvgIpc) is 2.73. The summed E-state index contributed by atoms with van der Waals surface area (Å²) in [6, 6.07) is 3.48. The summed E-state index contributed by atoms with van der Waals surface area (Å²) in [5.41, 5.74) is 7.14. The Morgan fingerprint density at radius 2 is 1.60 bits per heavy atom. The molecule has 0 aliphatic carbocycles. The van der Waals surface area contributed by atoms with Gasteiger partial charge in [0.25, 0.3) is 0 Å². The molecule has 0 aliphatic heterocycles. The minimum Gasteiger partial charge on any atom is -0.496 e. The summed E-state index contributed by atoms with van der Waals surface area (Å²) in [6.45, 7) is 1.77. The molecule has 0 aliphatic rings. The van der Waals surface area contributed by atoms with Gasteiger partial charge >= 0.3 is 0 Å². The van der Waals surface area contributed by atoms with Crippen molar-refractivity contribution in [2.24, 2.45) is 0 Å². The van der Waals surface area contributed by atoms with E-state index in [1.807, 2.05) is 0 Å². The number of nitrogens with zero attached hydrogens (tertiary/aromatic N) is 2. The van der Waals surface area contributed by atoms with Crippen LogP contribution in [0.3, 0.4) is 0 Å². The van der Waals surface area contributed by atoms with E-state index in [0.29, 0.717) is 40.1 Å². The van der Waals surface area contributed by atoms with Crippen LogP contribution in [0.25, 0.3) is 11.3 Å². The Balaban J connectivity index is 2.74. The first-order valence-corrected chi connectivity index (χ1v) is 5.93. The Bertz CT molecular complexity index is 612. The summed E-state index contributed by atoms with van der Waals surface area (Å²) in [5.74, 6) is 8.44. The first kappa shape index (κ1) is 13.9. The summed E-state index contributed by atoms with van der Waals surface area (Å²) >= 11 is 0. The Morgan fingerprint density at radius 3 is 1.95 bits per heavy atom. The number of hydrogen-bond acceptors (Lipinski definition) is 6. The smallest absolute Gasteiger partial charge is 0.151 e. The van der Waals surface area contributed by atoms with E-state index in [4.69, 9.17) is 25.8 Å². The number of hydrogen-bond donors (Lipinski definition) is 2. The van der Waals surface area contributed by atoms with Crippen molar-refractivity contribution in [1.29, 1.82) is 0 Å². The molecule has 0 bridgehead atoms. The number of benzene rings is 1. The van der Waals surface area contributed by atoms with Crippen LogP contribution in [0.5, 0.6) is 17.2 Å². The zero-order chi connectivity index (χ0) is 14.9. The zero-order valence-corrected chi connectivity index (χ0v) is 11.9. The molecule has 1 aromatic carbocycles. The largest absolute Gasteiger partial charge is 0.496 e. The molecule has 0 saturated carbocycles. The van der Waals surface area contributed by atoms with Crippen LogP contribution in [-0.4, -0.2) is 31.0 Å². The van der Waals surface area contributed by atoms with Crippen LogP contribution in [-0.2, 0) is 0 Å². The third kappa shape index (κ3) is 2.07. The SMILES string of the molecule is COc1cc(OC)c(-c2nc(C)n(N)c2N)c(OC)c1. The van der Waals surface area contributed by atoms with Gasteiger partial charge in [-0.3, -0.25) is 0 Å². The summed E-state index contributed by atoms with van der Waals surface area (Å²) in [4.78, 5) is 4.36. The highest BCUT2D eigenvalue weighted by molar-refractivity contribution is 5.82. The predicted molar refractivity (Wildman–Crippen MR) is 76.6 cm³/mol. The van der Waals surface area contributed by atoms with E-state index in [2.05, 4.69) is 4.98 Å². The number of anilines is 1. The lowest BCUT2D eigenvalue weighted by Crippen LogP contribution is -2.13. The first-order valence-electron chi connectivity index (χ1n) is 5.93. The summed E-state index contributed by atoms with van der Waals surface area (Å²) in [6.07, 6.45) is 0. The number of aromatic nitrogens is 2. The second-order valence-electron chi connectivity index (χ2n) is 4.17. The highest BCUT2D eigenvalue weighted by Crippen LogP contribution is 2.43.